The molecule has 9 aromatic carbocycles. The maximum absolute atomic E-state index is 7.23. The van der Waals surface area contributed by atoms with Crippen molar-refractivity contribution in [2.24, 2.45) is 0 Å². The molecule has 0 saturated carbocycles. The molecular formula is C57H38N4O. The molecule has 62 heavy (non-hydrogen) atoms. The summed E-state index contributed by atoms with van der Waals surface area (Å²) in [5, 5.41) is 7.61. The molecule has 0 aliphatic heterocycles. The number of nitrogens with zero attached hydrogens (tertiary/aromatic N) is 4. The van der Waals surface area contributed by atoms with E-state index < -0.39 is 0 Å². The van der Waals surface area contributed by atoms with Crippen LogP contribution in [0, 0.1) is 0 Å². The number of rotatable bonds is 5. The molecule has 13 rings (SSSR count). The van der Waals surface area contributed by atoms with Crippen molar-refractivity contribution in [3.8, 4) is 28.3 Å². The van der Waals surface area contributed by atoms with E-state index in [0.717, 1.165) is 93.7 Å². The minimum atomic E-state index is -0.138. The van der Waals surface area contributed by atoms with E-state index in [4.69, 9.17) is 14.4 Å². The average Bonchev–Trinajstić information content (AvgIpc) is 3.95. The van der Waals surface area contributed by atoms with E-state index in [9.17, 15) is 0 Å². The van der Waals surface area contributed by atoms with Gasteiger partial charge in [0.05, 0.1) is 33.3 Å². The third-order valence-corrected chi connectivity index (χ3v) is 13.2. The molecule has 0 atom stereocenters. The van der Waals surface area contributed by atoms with Crippen molar-refractivity contribution < 1.29 is 4.42 Å². The van der Waals surface area contributed by atoms with E-state index in [2.05, 4.69) is 205 Å². The van der Waals surface area contributed by atoms with Crippen LogP contribution in [0.5, 0.6) is 0 Å². The van der Waals surface area contributed by atoms with Crippen LogP contribution in [0.25, 0.3) is 93.8 Å². The lowest BCUT2D eigenvalue weighted by Gasteiger charge is -2.29. The van der Waals surface area contributed by atoms with E-state index in [0.29, 0.717) is 5.95 Å². The lowest BCUT2D eigenvalue weighted by molar-refractivity contribution is 0.660. The third kappa shape index (κ3) is 4.90. The maximum atomic E-state index is 7.23. The molecule has 5 nitrogen and oxygen atoms in total. The summed E-state index contributed by atoms with van der Waals surface area (Å²) in [5.41, 5.74) is 15.0. The van der Waals surface area contributed by atoms with Crippen LogP contribution < -0.4 is 4.90 Å². The highest BCUT2D eigenvalue weighted by Crippen LogP contribution is 2.52. The summed E-state index contributed by atoms with van der Waals surface area (Å²) in [5.74, 6) is 0.621. The van der Waals surface area contributed by atoms with E-state index in [1.807, 2.05) is 12.1 Å². The van der Waals surface area contributed by atoms with Gasteiger partial charge in [-0.1, -0.05) is 153 Å². The molecule has 3 aromatic heterocycles. The minimum absolute atomic E-state index is 0.138. The van der Waals surface area contributed by atoms with Gasteiger partial charge in [-0.15, -0.1) is 0 Å². The van der Waals surface area contributed by atoms with Crippen molar-refractivity contribution >= 4 is 82.5 Å². The summed E-state index contributed by atoms with van der Waals surface area (Å²) in [4.78, 5) is 12.9. The van der Waals surface area contributed by atoms with Gasteiger partial charge in [-0.25, -0.2) is 9.97 Å². The van der Waals surface area contributed by atoms with Gasteiger partial charge in [0.25, 0.3) is 0 Å². The van der Waals surface area contributed by atoms with Crippen LogP contribution >= 0.6 is 0 Å². The fourth-order valence-corrected chi connectivity index (χ4v) is 10.3. The predicted octanol–water partition coefficient (Wildman–Crippen LogP) is 15.2. The summed E-state index contributed by atoms with van der Waals surface area (Å²) >= 11 is 0. The zero-order valence-electron chi connectivity index (χ0n) is 34.2. The molecule has 0 radical (unpaired) electrons. The largest absolute Gasteiger partial charge is 0.455 e. The van der Waals surface area contributed by atoms with Gasteiger partial charge in [0.2, 0.25) is 5.95 Å². The van der Waals surface area contributed by atoms with Crippen LogP contribution in [-0.4, -0.2) is 14.5 Å². The zero-order valence-corrected chi connectivity index (χ0v) is 34.2. The molecule has 0 amide bonds. The third-order valence-electron chi connectivity index (χ3n) is 13.2. The molecule has 1 aliphatic carbocycles. The van der Waals surface area contributed by atoms with E-state index in [1.165, 1.54) is 22.3 Å². The Bertz CT molecular complexity index is 3790. The van der Waals surface area contributed by atoms with E-state index in [1.54, 1.807) is 0 Å². The minimum Gasteiger partial charge on any atom is -0.455 e. The Morgan fingerprint density at radius 2 is 1.16 bits per heavy atom. The molecule has 292 valence electrons. The van der Waals surface area contributed by atoms with Crippen LogP contribution in [0.15, 0.2) is 199 Å². The first-order chi connectivity index (χ1) is 30.5. The van der Waals surface area contributed by atoms with Gasteiger partial charge in [-0.2, -0.15) is 0 Å². The quantitative estimate of drug-likeness (QED) is 0.174. The molecule has 1 aliphatic rings. The predicted molar refractivity (Wildman–Crippen MR) is 256 cm³/mol. The molecular weight excluding hydrogens is 757 g/mol. The van der Waals surface area contributed by atoms with Crippen LogP contribution in [0.4, 0.5) is 17.1 Å². The van der Waals surface area contributed by atoms with E-state index in [-0.39, 0.29) is 5.41 Å². The van der Waals surface area contributed by atoms with Gasteiger partial charge < -0.3 is 9.32 Å². The van der Waals surface area contributed by atoms with Gasteiger partial charge in [-0.3, -0.25) is 4.57 Å². The van der Waals surface area contributed by atoms with Crippen LogP contribution in [0.2, 0.25) is 0 Å². The number of fused-ring (bicyclic) bond motifs is 13. The first-order valence-electron chi connectivity index (χ1n) is 21.3. The first-order valence-corrected chi connectivity index (χ1v) is 21.3. The SMILES string of the molecule is CC1(C)c2ccccc2-c2ccc(N(c3ccccc3)c3cc4oc5c(ccc6c5c5ccccc5n6-c5nc(-c6ccccc6)c6ccccc6n5)c4c4ccccc34)cc21. The second-order valence-electron chi connectivity index (χ2n) is 16.9. The van der Waals surface area contributed by atoms with Crippen LogP contribution in [-0.2, 0) is 5.41 Å². The highest BCUT2D eigenvalue weighted by molar-refractivity contribution is 6.29. The smallest absolute Gasteiger partial charge is 0.235 e. The number of para-hydroxylation sites is 3. The molecule has 0 unspecified atom stereocenters. The molecule has 5 heteroatoms. The van der Waals surface area contributed by atoms with Crippen molar-refractivity contribution in [1.29, 1.82) is 0 Å². The monoisotopic (exact) mass is 794 g/mol. The summed E-state index contributed by atoms with van der Waals surface area (Å²) in [7, 11) is 0. The van der Waals surface area contributed by atoms with Crippen molar-refractivity contribution in [3.63, 3.8) is 0 Å². The number of aromatic nitrogens is 3. The number of furan rings is 1. The topological polar surface area (TPSA) is 47.1 Å². The van der Waals surface area contributed by atoms with Crippen molar-refractivity contribution in [2.75, 3.05) is 4.90 Å². The molecule has 0 fully saturated rings. The molecule has 0 saturated heterocycles. The number of hydrogen-bond acceptors (Lipinski definition) is 4. The molecule has 12 aromatic rings. The fraction of sp³-hybridized carbons (Fsp3) is 0.0526. The first kappa shape index (κ1) is 34.8. The van der Waals surface area contributed by atoms with Gasteiger partial charge in [0, 0.05) is 55.4 Å². The van der Waals surface area contributed by atoms with Gasteiger partial charge >= 0.3 is 0 Å². The number of hydrogen-bond donors (Lipinski definition) is 0. The Morgan fingerprint density at radius 3 is 2.00 bits per heavy atom. The highest BCUT2D eigenvalue weighted by atomic mass is 16.3. The lowest BCUT2D eigenvalue weighted by atomic mass is 9.82. The Balaban J connectivity index is 1.07. The van der Waals surface area contributed by atoms with E-state index >= 15 is 0 Å². The Morgan fingerprint density at radius 1 is 0.484 bits per heavy atom. The second kappa shape index (κ2) is 13.0. The Kier molecular flexibility index (Phi) is 7.29. The average molecular weight is 795 g/mol. The summed E-state index contributed by atoms with van der Waals surface area (Å²) in [6, 6.07) is 69.2. The van der Waals surface area contributed by atoms with Gasteiger partial charge in [0.1, 0.15) is 11.2 Å². The summed E-state index contributed by atoms with van der Waals surface area (Å²) in [6.07, 6.45) is 0. The van der Waals surface area contributed by atoms with Crippen LogP contribution in [0.3, 0.4) is 0 Å². The van der Waals surface area contributed by atoms with Crippen molar-refractivity contribution in [3.05, 3.63) is 205 Å². The highest BCUT2D eigenvalue weighted by Gasteiger charge is 2.36. The summed E-state index contributed by atoms with van der Waals surface area (Å²) in [6.45, 7) is 4.69. The van der Waals surface area contributed by atoms with Crippen molar-refractivity contribution in [1.82, 2.24) is 14.5 Å². The Labute approximate surface area is 357 Å². The molecule has 0 spiro atoms. The van der Waals surface area contributed by atoms with Crippen molar-refractivity contribution in [2.45, 2.75) is 19.3 Å². The fourth-order valence-electron chi connectivity index (χ4n) is 10.3. The molecule has 0 N–H and O–H groups in total. The standard InChI is InChI=1S/C57H38N4O/c1-57(2)45-26-14-11-21-38(45)39-30-29-37(33-46(39)57)60(36-19-7-4-8-20-36)50-34-51-52(41-23-10-9-22-40(41)50)44-31-32-49-53(55(44)62-51)43-25-13-16-28-48(43)61(49)56-58-47-27-15-12-24-42(47)54(59-56)35-17-5-3-6-18-35/h3-34H,1-2H3. The number of benzene rings is 9. The van der Waals surface area contributed by atoms with Crippen LogP contribution in [0.1, 0.15) is 25.0 Å². The number of anilines is 3. The maximum Gasteiger partial charge on any atom is 0.235 e. The van der Waals surface area contributed by atoms with Gasteiger partial charge in [0.15, 0.2) is 0 Å². The molecule has 0 bridgehead atoms. The Hall–Kier alpha value is -8.02. The second-order valence-corrected chi connectivity index (χ2v) is 16.9. The lowest BCUT2D eigenvalue weighted by Crippen LogP contribution is -2.16. The summed E-state index contributed by atoms with van der Waals surface area (Å²) < 4.78 is 9.42. The van der Waals surface area contributed by atoms with Gasteiger partial charge in [-0.05, 0) is 76.2 Å². The molecule has 3 heterocycles. The zero-order chi connectivity index (χ0) is 41.1. The normalized spacial score (nSPS) is 13.1.